The molecule has 3 aromatic rings. The van der Waals surface area contributed by atoms with E-state index in [1.165, 1.54) is 4.52 Å². The number of halogens is 1. The molecule has 5 nitrogen and oxygen atoms in total. The molecule has 0 unspecified atom stereocenters. The van der Waals surface area contributed by atoms with Gasteiger partial charge < -0.3 is 0 Å². The molecule has 0 N–H and O–H groups in total. The van der Waals surface area contributed by atoms with Gasteiger partial charge in [-0.3, -0.25) is 0 Å². The van der Waals surface area contributed by atoms with Crippen molar-refractivity contribution in [2.75, 3.05) is 0 Å². The lowest BCUT2D eigenvalue weighted by Gasteiger charge is -2.07. The average molecular weight is 368 g/mol. The summed E-state index contributed by atoms with van der Waals surface area (Å²) in [5.74, 6) is 0. The van der Waals surface area contributed by atoms with E-state index in [1.54, 1.807) is 32.0 Å². The molecule has 0 atom stereocenters. The predicted octanol–water partition coefficient (Wildman–Crippen LogP) is 3.43. The van der Waals surface area contributed by atoms with Crippen LogP contribution in [-0.2, 0) is 9.84 Å². The van der Waals surface area contributed by atoms with Crippen molar-refractivity contribution in [2.24, 2.45) is 0 Å². The molecule has 0 saturated heterocycles. The summed E-state index contributed by atoms with van der Waals surface area (Å²) in [7, 11) is -3.75. The predicted molar refractivity (Wildman–Crippen MR) is 91.4 cm³/mol. The van der Waals surface area contributed by atoms with Gasteiger partial charge in [0.25, 0.3) is 0 Å². The fourth-order valence-corrected chi connectivity index (χ4v) is 4.45. The fraction of sp³-hybridized carbons (Fsp3) is 0.200. The number of rotatable bonds is 2. The van der Waals surface area contributed by atoms with Crippen molar-refractivity contribution < 1.29 is 8.42 Å². The first kappa shape index (κ1) is 16.3. The summed E-state index contributed by atoms with van der Waals surface area (Å²) in [5, 5.41) is 4.46. The molecule has 0 aliphatic carbocycles. The van der Waals surface area contributed by atoms with Gasteiger partial charge in [-0.25, -0.2) is 17.9 Å². The normalized spacial score (nSPS) is 12.0. The summed E-state index contributed by atoms with van der Waals surface area (Å²) in [6.07, 6.45) is 0. The standard InChI is InChI=1S/C15H14ClN3O2S2/c1-8-5-4-6-11(7-8)23(20,21)13-10(3)18-19-14(16)12(22)9(2)17-15(13)19/h4-7,22H,1-3H3. The van der Waals surface area contributed by atoms with Gasteiger partial charge >= 0.3 is 0 Å². The molecule has 0 aliphatic heterocycles. The minimum absolute atomic E-state index is 0.0708. The van der Waals surface area contributed by atoms with Crippen molar-refractivity contribution in [1.29, 1.82) is 0 Å². The molecule has 2 aromatic heterocycles. The first-order valence-electron chi connectivity index (χ1n) is 6.79. The highest BCUT2D eigenvalue weighted by molar-refractivity contribution is 7.91. The number of sulfone groups is 1. The third kappa shape index (κ3) is 2.52. The Morgan fingerprint density at radius 2 is 1.87 bits per heavy atom. The second-order valence-electron chi connectivity index (χ2n) is 5.31. The summed E-state index contributed by atoms with van der Waals surface area (Å²) >= 11 is 10.5. The maximum Gasteiger partial charge on any atom is 0.212 e. The highest BCUT2D eigenvalue weighted by atomic mass is 35.5. The van der Waals surface area contributed by atoms with Crippen LogP contribution in [0.2, 0.25) is 5.15 Å². The molecular weight excluding hydrogens is 354 g/mol. The lowest BCUT2D eigenvalue weighted by atomic mass is 10.2. The van der Waals surface area contributed by atoms with Crippen LogP contribution in [0.25, 0.3) is 5.65 Å². The number of hydrogen-bond acceptors (Lipinski definition) is 5. The molecule has 23 heavy (non-hydrogen) atoms. The van der Waals surface area contributed by atoms with Gasteiger partial charge in [0.1, 0.15) is 10.0 Å². The van der Waals surface area contributed by atoms with Crippen molar-refractivity contribution in [3.63, 3.8) is 0 Å². The molecule has 2 heterocycles. The second-order valence-corrected chi connectivity index (χ2v) is 8.00. The minimum atomic E-state index is -3.75. The molecule has 0 saturated carbocycles. The van der Waals surface area contributed by atoms with Crippen LogP contribution in [0.3, 0.4) is 0 Å². The van der Waals surface area contributed by atoms with Crippen LogP contribution in [0.1, 0.15) is 17.0 Å². The Morgan fingerprint density at radius 1 is 1.17 bits per heavy atom. The summed E-state index contributed by atoms with van der Waals surface area (Å²) in [4.78, 5) is 5.08. The van der Waals surface area contributed by atoms with Crippen LogP contribution in [0, 0.1) is 20.8 Å². The highest BCUT2D eigenvalue weighted by Crippen LogP contribution is 2.31. The van der Waals surface area contributed by atoms with E-state index in [-0.39, 0.29) is 20.6 Å². The summed E-state index contributed by atoms with van der Waals surface area (Å²) < 4.78 is 27.4. The van der Waals surface area contributed by atoms with Gasteiger partial charge in [0.05, 0.1) is 21.2 Å². The van der Waals surface area contributed by atoms with Crippen LogP contribution in [0.15, 0.2) is 39.0 Å². The number of fused-ring (bicyclic) bond motifs is 1. The van der Waals surface area contributed by atoms with Gasteiger partial charge in [-0.05, 0) is 38.5 Å². The SMILES string of the molecule is Cc1cccc(S(=O)(=O)c2c(C)nn3c(Cl)c(S)c(C)nc23)c1. The first-order chi connectivity index (χ1) is 10.7. The number of thiol groups is 1. The Morgan fingerprint density at radius 3 is 2.52 bits per heavy atom. The Hall–Kier alpha value is -1.57. The zero-order valence-corrected chi connectivity index (χ0v) is 15.2. The molecule has 0 radical (unpaired) electrons. The number of aromatic nitrogens is 3. The van der Waals surface area contributed by atoms with E-state index in [0.29, 0.717) is 16.3 Å². The molecule has 3 rings (SSSR count). The topological polar surface area (TPSA) is 64.3 Å². The molecule has 1 aromatic carbocycles. The zero-order valence-electron chi connectivity index (χ0n) is 12.7. The minimum Gasteiger partial charge on any atom is -0.231 e. The number of nitrogens with zero attached hydrogens (tertiary/aromatic N) is 3. The van der Waals surface area contributed by atoms with E-state index in [9.17, 15) is 8.42 Å². The maximum atomic E-state index is 13.0. The van der Waals surface area contributed by atoms with Crippen molar-refractivity contribution >= 4 is 39.7 Å². The van der Waals surface area contributed by atoms with Crippen LogP contribution in [0.5, 0.6) is 0 Å². The molecule has 0 bridgehead atoms. The molecule has 0 fully saturated rings. The monoisotopic (exact) mass is 367 g/mol. The third-order valence-electron chi connectivity index (χ3n) is 3.55. The lowest BCUT2D eigenvalue weighted by molar-refractivity contribution is 0.596. The molecule has 8 heteroatoms. The molecule has 0 amide bonds. The Balaban J connectivity index is 2.38. The molecule has 0 aliphatic rings. The van der Waals surface area contributed by atoms with E-state index < -0.39 is 9.84 Å². The first-order valence-corrected chi connectivity index (χ1v) is 9.10. The number of hydrogen-bond donors (Lipinski definition) is 1. The van der Waals surface area contributed by atoms with Gasteiger partial charge in [0.15, 0.2) is 5.65 Å². The maximum absolute atomic E-state index is 13.0. The highest BCUT2D eigenvalue weighted by Gasteiger charge is 2.28. The summed E-state index contributed by atoms with van der Waals surface area (Å²) in [6, 6.07) is 6.74. The van der Waals surface area contributed by atoms with Gasteiger partial charge in [0, 0.05) is 0 Å². The van der Waals surface area contributed by atoms with E-state index in [0.717, 1.165) is 5.56 Å². The van der Waals surface area contributed by atoms with Crippen LogP contribution >= 0.6 is 24.2 Å². The van der Waals surface area contributed by atoms with Crippen molar-refractivity contribution in [3.8, 4) is 0 Å². The molecule has 0 spiro atoms. The Labute approximate surface area is 144 Å². The summed E-state index contributed by atoms with van der Waals surface area (Å²) in [5.41, 5.74) is 1.97. The Kier molecular flexibility index (Phi) is 3.90. The van der Waals surface area contributed by atoms with Crippen LogP contribution < -0.4 is 0 Å². The van der Waals surface area contributed by atoms with Gasteiger partial charge in [-0.2, -0.15) is 5.10 Å². The Bertz CT molecular complexity index is 1040. The van der Waals surface area contributed by atoms with Crippen molar-refractivity contribution in [1.82, 2.24) is 14.6 Å². The largest absolute Gasteiger partial charge is 0.231 e. The van der Waals surface area contributed by atoms with Gasteiger partial charge in [0.2, 0.25) is 9.84 Å². The fourth-order valence-electron chi connectivity index (χ4n) is 2.41. The van der Waals surface area contributed by atoms with E-state index in [2.05, 4.69) is 22.7 Å². The number of aryl methyl sites for hydroxylation is 3. The smallest absolute Gasteiger partial charge is 0.212 e. The van der Waals surface area contributed by atoms with Crippen LogP contribution in [0.4, 0.5) is 0 Å². The van der Waals surface area contributed by atoms with Crippen molar-refractivity contribution in [3.05, 3.63) is 46.4 Å². The van der Waals surface area contributed by atoms with E-state index in [1.807, 2.05) is 13.0 Å². The average Bonchev–Trinajstić information content (AvgIpc) is 2.82. The van der Waals surface area contributed by atoms with Crippen molar-refractivity contribution in [2.45, 2.75) is 35.5 Å². The molecular formula is C15H14ClN3O2S2. The van der Waals surface area contributed by atoms with E-state index >= 15 is 0 Å². The lowest BCUT2D eigenvalue weighted by Crippen LogP contribution is -2.05. The third-order valence-corrected chi connectivity index (χ3v) is 6.45. The van der Waals surface area contributed by atoms with Crippen LogP contribution in [-0.4, -0.2) is 23.0 Å². The number of benzene rings is 1. The van der Waals surface area contributed by atoms with E-state index in [4.69, 9.17) is 11.6 Å². The van der Waals surface area contributed by atoms with Gasteiger partial charge in [-0.1, -0.05) is 23.7 Å². The zero-order chi connectivity index (χ0) is 16.9. The summed E-state index contributed by atoms with van der Waals surface area (Å²) in [6.45, 7) is 5.19. The quantitative estimate of drug-likeness (QED) is 0.556. The van der Waals surface area contributed by atoms with Gasteiger partial charge in [-0.15, -0.1) is 12.6 Å². The molecule has 120 valence electrons. The second kappa shape index (κ2) is 5.51.